The fourth-order valence-electron chi connectivity index (χ4n) is 3.09. The van der Waals surface area contributed by atoms with E-state index < -0.39 is 16.1 Å². The number of hydrogen-bond donors (Lipinski definition) is 1. The van der Waals surface area contributed by atoms with Gasteiger partial charge in [-0.25, -0.2) is 13.4 Å². The summed E-state index contributed by atoms with van der Waals surface area (Å²) in [5, 5.41) is 9.61. The van der Waals surface area contributed by atoms with E-state index in [0.717, 1.165) is 50.0 Å². The largest absolute Gasteiger partial charge is 0.373 e. The summed E-state index contributed by atoms with van der Waals surface area (Å²) >= 11 is 0. The van der Waals surface area contributed by atoms with Crippen LogP contribution in [-0.4, -0.2) is 34.1 Å². The molecule has 0 saturated carbocycles. The van der Waals surface area contributed by atoms with Crippen molar-refractivity contribution in [3.05, 3.63) is 17.7 Å². The first kappa shape index (κ1) is 13.1. The Morgan fingerprint density at radius 3 is 2.89 bits per heavy atom. The van der Waals surface area contributed by atoms with Gasteiger partial charge >= 0.3 is 0 Å². The number of rotatable bonds is 2. The SMILES string of the molecule is O=S1(=O)CCCCC1Cc1cn2c(n1)CCCC2O. The van der Waals surface area contributed by atoms with Crippen LogP contribution in [0.25, 0.3) is 0 Å². The van der Waals surface area contributed by atoms with E-state index in [9.17, 15) is 13.5 Å². The second-order valence-corrected chi connectivity index (χ2v) is 8.02. The summed E-state index contributed by atoms with van der Waals surface area (Å²) in [5.74, 6) is 1.20. The topological polar surface area (TPSA) is 72.2 Å². The molecule has 0 radical (unpaired) electrons. The number of hydrogen-bond acceptors (Lipinski definition) is 4. The Morgan fingerprint density at radius 1 is 1.32 bits per heavy atom. The van der Waals surface area contributed by atoms with Crippen molar-refractivity contribution < 1.29 is 13.5 Å². The van der Waals surface area contributed by atoms with Crippen molar-refractivity contribution in [3.63, 3.8) is 0 Å². The fraction of sp³-hybridized carbons (Fsp3) is 0.769. The third-order valence-electron chi connectivity index (χ3n) is 4.19. The number of imidazole rings is 1. The normalized spacial score (nSPS) is 29.9. The van der Waals surface area contributed by atoms with Gasteiger partial charge in [0.25, 0.3) is 0 Å². The fourth-order valence-corrected chi connectivity index (χ4v) is 4.98. The molecule has 0 bridgehead atoms. The van der Waals surface area contributed by atoms with Gasteiger partial charge in [0, 0.05) is 19.0 Å². The molecule has 5 nitrogen and oxygen atoms in total. The van der Waals surface area contributed by atoms with Crippen molar-refractivity contribution in [1.82, 2.24) is 9.55 Å². The molecule has 6 heteroatoms. The summed E-state index contributed by atoms with van der Waals surface area (Å²) in [5.41, 5.74) is 0.812. The number of fused-ring (bicyclic) bond motifs is 1. The summed E-state index contributed by atoms with van der Waals surface area (Å²) in [6.45, 7) is 0. The second kappa shape index (κ2) is 4.90. The van der Waals surface area contributed by atoms with Gasteiger partial charge in [0.05, 0.1) is 16.7 Å². The molecule has 2 aliphatic heterocycles. The number of aromatic nitrogens is 2. The summed E-state index contributed by atoms with van der Waals surface area (Å²) in [4.78, 5) is 4.50. The molecule has 1 aromatic heterocycles. The predicted octanol–water partition coefficient (Wildman–Crippen LogP) is 1.22. The minimum atomic E-state index is -2.95. The number of sulfone groups is 1. The molecular weight excluding hydrogens is 264 g/mol. The zero-order valence-corrected chi connectivity index (χ0v) is 11.8. The lowest BCUT2D eigenvalue weighted by atomic mass is 10.1. The van der Waals surface area contributed by atoms with Gasteiger partial charge in [-0.15, -0.1) is 0 Å². The molecule has 19 heavy (non-hydrogen) atoms. The van der Waals surface area contributed by atoms with E-state index >= 15 is 0 Å². The Hall–Kier alpha value is -0.880. The van der Waals surface area contributed by atoms with E-state index in [1.54, 1.807) is 4.57 Å². The average molecular weight is 284 g/mol. The molecule has 1 aromatic rings. The van der Waals surface area contributed by atoms with Crippen LogP contribution in [-0.2, 0) is 22.7 Å². The van der Waals surface area contributed by atoms with Crippen molar-refractivity contribution in [2.75, 3.05) is 5.75 Å². The summed E-state index contributed by atoms with van der Waals surface area (Å²) in [6, 6.07) is 0. The Labute approximate surface area is 113 Å². The Bertz CT molecular complexity index is 564. The Balaban J connectivity index is 1.80. The lowest BCUT2D eigenvalue weighted by Gasteiger charge is -2.21. The van der Waals surface area contributed by atoms with E-state index in [-0.39, 0.29) is 5.25 Å². The number of aryl methyl sites for hydroxylation is 1. The van der Waals surface area contributed by atoms with Crippen molar-refractivity contribution in [3.8, 4) is 0 Å². The number of nitrogens with zero attached hydrogens (tertiary/aromatic N) is 2. The molecule has 3 heterocycles. The number of aliphatic hydroxyl groups is 1. The maximum Gasteiger partial charge on any atom is 0.153 e. The molecule has 0 amide bonds. The lowest BCUT2D eigenvalue weighted by Crippen LogP contribution is -2.30. The van der Waals surface area contributed by atoms with Gasteiger partial charge in [-0.3, -0.25) is 0 Å². The van der Waals surface area contributed by atoms with Gasteiger partial charge in [-0.1, -0.05) is 6.42 Å². The predicted molar refractivity (Wildman–Crippen MR) is 71.6 cm³/mol. The molecule has 1 fully saturated rings. The summed E-state index contributed by atoms with van der Waals surface area (Å²) in [6.07, 6.45) is 6.93. The van der Waals surface area contributed by atoms with Gasteiger partial charge < -0.3 is 9.67 Å². The van der Waals surface area contributed by atoms with Crippen LogP contribution in [0.5, 0.6) is 0 Å². The first-order chi connectivity index (χ1) is 9.06. The molecule has 2 atom stereocenters. The van der Waals surface area contributed by atoms with Gasteiger partial charge in [0.15, 0.2) is 9.84 Å². The highest BCUT2D eigenvalue weighted by Crippen LogP contribution is 2.26. The van der Waals surface area contributed by atoms with Gasteiger partial charge in [-0.2, -0.15) is 0 Å². The minimum Gasteiger partial charge on any atom is -0.373 e. The van der Waals surface area contributed by atoms with Gasteiger partial charge in [0.2, 0.25) is 0 Å². The van der Waals surface area contributed by atoms with Crippen LogP contribution in [0.4, 0.5) is 0 Å². The molecule has 0 spiro atoms. The van der Waals surface area contributed by atoms with Gasteiger partial charge in [-0.05, 0) is 25.7 Å². The van der Waals surface area contributed by atoms with E-state index in [0.29, 0.717) is 12.2 Å². The summed E-state index contributed by atoms with van der Waals surface area (Å²) in [7, 11) is -2.95. The standard InChI is InChI=1S/C13H20N2O3S/c16-13-6-3-5-12-14-10(9-15(12)13)8-11-4-1-2-7-19(11,17)18/h9,11,13,16H,1-8H2. The smallest absolute Gasteiger partial charge is 0.153 e. The van der Waals surface area contributed by atoms with E-state index in [1.165, 1.54) is 0 Å². The molecule has 1 saturated heterocycles. The van der Waals surface area contributed by atoms with Crippen molar-refractivity contribution in [2.45, 2.75) is 56.4 Å². The second-order valence-electron chi connectivity index (χ2n) is 5.62. The zero-order valence-electron chi connectivity index (χ0n) is 11.0. The third kappa shape index (κ3) is 2.56. The van der Waals surface area contributed by atoms with Crippen molar-refractivity contribution in [1.29, 1.82) is 0 Å². The highest BCUT2D eigenvalue weighted by molar-refractivity contribution is 7.92. The van der Waals surface area contributed by atoms with Crippen molar-refractivity contribution >= 4 is 9.84 Å². The molecule has 0 aromatic carbocycles. The lowest BCUT2D eigenvalue weighted by molar-refractivity contribution is 0.0780. The monoisotopic (exact) mass is 284 g/mol. The van der Waals surface area contributed by atoms with Crippen LogP contribution in [0, 0.1) is 0 Å². The molecule has 106 valence electrons. The van der Waals surface area contributed by atoms with E-state index in [2.05, 4.69) is 4.98 Å². The van der Waals surface area contributed by atoms with E-state index in [1.807, 2.05) is 6.20 Å². The highest BCUT2D eigenvalue weighted by Gasteiger charge is 2.30. The molecule has 1 N–H and O–H groups in total. The van der Waals surface area contributed by atoms with Gasteiger partial charge in [0.1, 0.15) is 12.1 Å². The van der Waals surface area contributed by atoms with Crippen LogP contribution in [0.15, 0.2) is 6.20 Å². The van der Waals surface area contributed by atoms with Crippen LogP contribution in [0.3, 0.4) is 0 Å². The molecule has 3 rings (SSSR count). The van der Waals surface area contributed by atoms with Crippen molar-refractivity contribution in [2.24, 2.45) is 0 Å². The zero-order chi connectivity index (χ0) is 13.5. The Kier molecular flexibility index (Phi) is 3.39. The van der Waals surface area contributed by atoms with Crippen LogP contribution >= 0.6 is 0 Å². The first-order valence-electron chi connectivity index (χ1n) is 7.02. The quantitative estimate of drug-likeness (QED) is 0.886. The number of aliphatic hydroxyl groups excluding tert-OH is 1. The summed E-state index contributed by atoms with van der Waals surface area (Å²) < 4.78 is 25.8. The minimum absolute atomic E-state index is 0.282. The van der Waals surface area contributed by atoms with Crippen LogP contribution in [0.1, 0.15) is 49.9 Å². The highest BCUT2D eigenvalue weighted by atomic mass is 32.2. The average Bonchev–Trinajstić information content (AvgIpc) is 2.76. The van der Waals surface area contributed by atoms with Crippen LogP contribution < -0.4 is 0 Å². The maximum atomic E-state index is 12.0. The third-order valence-corrected chi connectivity index (χ3v) is 6.47. The van der Waals surface area contributed by atoms with E-state index in [4.69, 9.17) is 0 Å². The molecule has 2 unspecified atom stereocenters. The molecule has 2 aliphatic rings. The molecule has 0 aliphatic carbocycles. The van der Waals surface area contributed by atoms with Crippen LogP contribution in [0.2, 0.25) is 0 Å². The first-order valence-corrected chi connectivity index (χ1v) is 8.74. The maximum absolute atomic E-state index is 12.0. The Morgan fingerprint density at radius 2 is 2.16 bits per heavy atom. The molecular formula is C13H20N2O3S.